The fraction of sp³-hybridized carbons (Fsp3) is 0.235. The Morgan fingerprint density at radius 2 is 1.91 bits per heavy atom. The van der Waals surface area contributed by atoms with Gasteiger partial charge >= 0.3 is 6.09 Å². The molecule has 0 spiro atoms. The van der Waals surface area contributed by atoms with Gasteiger partial charge in [0.1, 0.15) is 5.75 Å². The highest BCUT2D eigenvalue weighted by Gasteiger charge is 2.33. The van der Waals surface area contributed by atoms with Crippen LogP contribution in [0.25, 0.3) is 0 Å². The van der Waals surface area contributed by atoms with Gasteiger partial charge in [-0.2, -0.15) is 0 Å². The smallest absolute Gasteiger partial charge is 0.417 e. The van der Waals surface area contributed by atoms with E-state index in [0.717, 1.165) is 5.56 Å². The quantitative estimate of drug-likeness (QED) is 0.853. The SMILES string of the molecule is O=C(Oc1ccccc1)N1CCOC1c1ccc2c(c1)OCO2. The van der Waals surface area contributed by atoms with Gasteiger partial charge in [0, 0.05) is 5.56 Å². The van der Waals surface area contributed by atoms with Crippen LogP contribution in [0.3, 0.4) is 0 Å². The highest BCUT2D eigenvalue weighted by atomic mass is 16.7. The minimum absolute atomic E-state index is 0.212. The lowest BCUT2D eigenvalue weighted by Gasteiger charge is -2.22. The van der Waals surface area contributed by atoms with Crippen LogP contribution < -0.4 is 14.2 Å². The summed E-state index contributed by atoms with van der Waals surface area (Å²) in [5, 5.41) is 0. The van der Waals surface area contributed by atoms with Crippen molar-refractivity contribution in [1.29, 1.82) is 0 Å². The molecule has 2 aliphatic heterocycles. The van der Waals surface area contributed by atoms with Crippen LogP contribution in [0.15, 0.2) is 48.5 Å². The molecule has 4 rings (SSSR count). The van der Waals surface area contributed by atoms with Gasteiger partial charge in [0.05, 0.1) is 13.2 Å². The molecule has 1 fully saturated rings. The summed E-state index contributed by atoms with van der Waals surface area (Å²) in [6.45, 7) is 1.15. The molecule has 6 nitrogen and oxygen atoms in total. The van der Waals surface area contributed by atoms with Crippen LogP contribution >= 0.6 is 0 Å². The molecule has 2 aliphatic rings. The first-order valence-electron chi connectivity index (χ1n) is 7.36. The number of ether oxygens (including phenoxy) is 4. The number of para-hydroxylation sites is 1. The van der Waals surface area contributed by atoms with Crippen LogP contribution in [0.4, 0.5) is 4.79 Å². The van der Waals surface area contributed by atoms with Gasteiger partial charge in [-0.25, -0.2) is 4.79 Å². The molecular weight excluding hydrogens is 298 g/mol. The van der Waals surface area contributed by atoms with Gasteiger partial charge < -0.3 is 18.9 Å². The minimum Gasteiger partial charge on any atom is -0.454 e. The molecule has 0 bridgehead atoms. The van der Waals surface area contributed by atoms with Gasteiger partial charge in [-0.15, -0.1) is 0 Å². The lowest BCUT2D eigenvalue weighted by Crippen LogP contribution is -2.33. The first kappa shape index (κ1) is 13.9. The largest absolute Gasteiger partial charge is 0.454 e. The third-order valence-corrected chi connectivity index (χ3v) is 3.76. The van der Waals surface area contributed by atoms with E-state index >= 15 is 0 Å². The van der Waals surface area contributed by atoms with Crippen LogP contribution in [0, 0.1) is 0 Å². The fourth-order valence-electron chi connectivity index (χ4n) is 2.65. The average Bonchev–Trinajstić information content (AvgIpc) is 3.24. The molecule has 2 aromatic rings. The van der Waals surface area contributed by atoms with Crippen molar-refractivity contribution in [3.8, 4) is 17.2 Å². The van der Waals surface area contributed by atoms with Gasteiger partial charge in [-0.1, -0.05) is 24.3 Å². The van der Waals surface area contributed by atoms with E-state index in [2.05, 4.69) is 0 Å². The first-order valence-corrected chi connectivity index (χ1v) is 7.36. The molecule has 0 aromatic heterocycles. The second-order valence-electron chi connectivity index (χ2n) is 5.21. The molecule has 1 saturated heterocycles. The van der Waals surface area contributed by atoms with Crippen molar-refractivity contribution in [1.82, 2.24) is 4.90 Å². The van der Waals surface area contributed by atoms with Crippen LogP contribution in [0.1, 0.15) is 11.8 Å². The van der Waals surface area contributed by atoms with E-state index in [1.54, 1.807) is 17.0 Å². The van der Waals surface area contributed by atoms with E-state index in [-0.39, 0.29) is 6.79 Å². The Morgan fingerprint density at radius 3 is 2.78 bits per heavy atom. The molecule has 0 saturated carbocycles. The second kappa shape index (κ2) is 5.81. The third-order valence-electron chi connectivity index (χ3n) is 3.76. The Hall–Kier alpha value is -2.73. The number of nitrogens with zero attached hydrogens (tertiary/aromatic N) is 1. The van der Waals surface area contributed by atoms with E-state index in [1.165, 1.54) is 0 Å². The maximum Gasteiger partial charge on any atom is 0.417 e. The standard InChI is InChI=1S/C17H15NO5/c19-17(23-13-4-2-1-3-5-13)18-8-9-20-16(18)12-6-7-14-15(10-12)22-11-21-14/h1-7,10,16H,8-9,11H2. The normalized spacial score (nSPS) is 19.0. The molecule has 1 amide bonds. The predicted octanol–water partition coefficient (Wildman–Crippen LogP) is 2.95. The van der Waals surface area contributed by atoms with Crippen LogP contribution in [-0.2, 0) is 4.74 Å². The Kier molecular flexibility index (Phi) is 3.51. The summed E-state index contributed by atoms with van der Waals surface area (Å²) < 4.78 is 21.8. The number of carbonyl (C=O) groups is 1. The first-order chi connectivity index (χ1) is 11.3. The molecule has 1 unspecified atom stereocenters. The van der Waals surface area contributed by atoms with Crippen LogP contribution in [0.2, 0.25) is 0 Å². The Bertz CT molecular complexity index is 718. The summed E-state index contributed by atoms with van der Waals surface area (Å²) in [4.78, 5) is 14.0. The number of fused-ring (bicyclic) bond motifs is 1. The number of hydrogen-bond acceptors (Lipinski definition) is 5. The van der Waals surface area contributed by atoms with Gasteiger partial charge in [-0.05, 0) is 24.3 Å². The van der Waals surface area contributed by atoms with Crippen LogP contribution in [0.5, 0.6) is 17.2 Å². The summed E-state index contributed by atoms with van der Waals surface area (Å²) in [7, 11) is 0. The van der Waals surface area contributed by atoms with E-state index in [4.69, 9.17) is 18.9 Å². The topological polar surface area (TPSA) is 57.2 Å². The van der Waals surface area contributed by atoms with E-state index in [0.29, 0.717) is 30.4 Å². The zero-order valence-corrected chi connectivity index (χ0v) is 12.3. The lowest BCUT2D eigenvalue weighted by atomic mass is 10.1. The van der Waals surface area contributed by atoms with Gasteiger partial charge in [0.25, 0.3) is 0 Å². The van der Waals surface area contributed by atoms with Crippen molar-refractivity contribution >= 4 is 6.09 Å². The summed E-state index contributed by atoms with van der Waals surface area (Å²) in [5.74, 6) is 1.87. The monoisotopic (exact) mass is 313 g/mol. The molecule has 1 atom stereocenters. The second-order valence-corrected chi connectivity index (χ2v) is 5.21. The van der Waals surface area contributed by atoms with Crippen molar-refractivity contribution in [3.63, 3.8) is 0 Å². The number of hydrogen-bond donors (Lipinski definition) is 0. The maximum absolute atomic E-state index is 12.4. The van der Waals surface area contributed by atoms with Gasteiger partial charge in [-0.3, -0.25) is 4.90 Å². The number of rotatable bonds is 2. The Balaban J connectivity index is 1.53. The summed E-state index contributed by atoms with van der Waals surface area (Å²) in [6.07, 6.45) is -0.919. The maximum atomic E-state index is 12.4. The molecule has 0 radical (unpaired) electrons. The number of carbonyl (C=O) groups excluding carboxylic acids is 1. The number of benzene rings is 2. The molecule has 6 heteroatoms. The zero-order chi connectivity index (χ0) is 15.6. The van der Waals surface area contributed by atoms with Crippen molar-refractivity contribution in [2.75, 3.05) is 19.9 Å². The summed E-state index contributed by atoms with van der Waals surface area (Å²) in [5.41, 5.74) is 0.830. The highest BCUT2D eigenvalue weighted by molar-refractivity contribution is 5.71. The molecule has 2 heterocycles. The fourth-order valence-corrected chi connectivity index (χ4v) is 2.65. The van der Waals surface area contributed by atoms with Crippen molar-refractivity contribution < 1.29 is 23.7 Å². The van der Waals surface area contributed by atoms with Crippen molar-refractivity contribution in [2.24, 2.45) is 0 Å². The Morgan fingerprint density at radius 1 is 1.09 bits per heavy atom. The summed E-state index contributed by atoms with van der Waals surface area (Å²) >= 11 is 0. The van der Waals surface area contributed by atoms with E-state index in [1.807, 2.05) is 36.4 Å². The Labute approximate surface area is 133 Å². The van der Waals surface area contributed by atoms with E-state index in [9.17, 15) is 4.79 Å². The lowest BCUT2D eigenvalue weighted by molar-refractivity contribution is 0.0374. The molecular formula is C17H15NO5. The van der Waals surface area contributed by atoms with Crippen molar-refractivity contribution in [2.45, 2.75) is 6.23 Å². The third kappa shape index (κ3) is 2.68. The average molecular weight is 313 g/mol. The highest BCUT2D eigenvalue weighted by Crippen LogP contribution is 2.37. The molecule has 2 aromatic carbocycles. The number of amides is 1. The molecule has 0 N–H and O–H groups in total. The summed E-state index contributed by atoms with van der Waals surface area (Å²) in [6, 6.07) is 14.5. The molecule has 23 heavy (non-hydrogen) atoms. The van der Waals surface area contributed by atoms with Gasteiger partial charge in [0.2, 0.25) is 6.79 Å². The molecule has 118 valence electrons. The predicted molar refractivity (Wildman–Crippen MR) is 80.4 cm³/mol. The zero-order valence-electron chi connectivity index (χ0n) is 12.3. The van der Waals surface area contributed by atoms with Crippen molar-refractivity contribution in [3.05, 3.63) is 54.1 Å². The van der Waals surface area contributed by atoms with Crippen LogP contribution in [-0.4, -0.2) is 30.9 Å². The molecule has 0 aliphatic carbocycles. The minimum atomic E-state index is -0.485. The van der Waals surface area contributed by atoms with Gasteiger partial charge in [0.15, 0.2) is 17.7 Å². The van der Waals surface area contributed by atoms with E-state index < -0.39 is 12.3 Å².